The van der Waals surface area contributed by atoms with Crippen molar-refractivity contribution in [2.75, 3.05) is 6.79 Å². The van der Waals surface area contributed by atoms with Gasteiger partial charge in [0.15, 0.2) is 5.43 Å². The average molecular weight is 265 g/mol. The zero-order valence-electron chi connectivity index (χ0n) is 10.6. The number of hydrogen-bond acceptors (Lipinski definition) is 3. The third-order valence-electron chi connectivity index (χ3n) is 3.42. The van der Waals surface area contributed by atoms with Gasteiger partial charge in [-0.15, -0.1) is 0 Å². The van der Waals surface area contributed by atoms with Gasteiger partial charge in [-0.1, -0.05) is 12.1 Å². The fourth-order valence-electron chi connectivity index (χ4n) is 2.44. The van der Waals surface area contributed by atoms with Gasteiger partial charge < -0.3 is 14.5 Å². The number of fused-ring (bicyclic) bond motifs is 3. The Morgan fingerprint density at radius 2 is 1.90 bits per heavy atom. The SMILES string of the molecule is O=c1cc(-c2ccc3cc2OCO3)[nH]c2ccccc12. The summed E-state index contributed by atoms with van der Waals surface area (Å²) >= 11 is 0. The number of para-hydroxylation sites is 1. The number of aromatic nitrogens is 1. The smallest absolute Gasteiger partial charge is 0.230 e. The quantitative estimate of drug-likeness (QED) is 0.736. The van der Waals surface area contributed by atoms with Crippen molar-refractivity contribution in [1.29, 1.82) is 0 Å². The Kier molecular flexibility index (Phi) is 2.29. The lowest BCUT2D eigenvalue weighted by molar-refractivity contribution is 0.106. The van der Waals surface area contributed by atoms with Gasteiger partial charge in [0, 0.05) is 28.6 Å². The average Bonchev–Trinajstić information content (AvgIpc) is 2.48. The number of rotatable bonds is 1. The van der Waals surface area contributed by atoms with Crippen LogP contribution in [0, 0.1) is 0 Å². The first-order valence-electron chi connectivity index (χ1n) is 6.33. The van der Waals surface area contributed by atoms with E-state index >= 15 is 0 Å². The van der Waals surface area contributed by atoms with Crippen molar-refractivity contribution in [2.45, 2.75) is 0 Å². The standard InChI is InChI=1S/C16H11NO3/c18-15-8-14(17-13-4-2-1-3-11(13)15)12-6-5-10-7-16(12)20-9-19-10/h1-8H,9H2,(H,17,18). The first-order chi connectivity index (χ1) is 9.81. The van der Waals surface area contributed by atoms with Gasteiger partial charge in [-0.2, -0.15) is 0 Å². The first kappa shape index (κ1) is 11.1. The largest absolute Gasteiger partial charge is 0.457 e. The van der Waals surface area contributed by atoms with Gasteiger partial charge >= 0.3 is 0 Å². The highest BCUT2D eigenvalue weighted by Gasteiger charge is 2.14. The zero-order chi connectivity index (χ0) is 13.5. The molecule has 1 aliphatic rings. The minimum atomic E-state index is -0.00214. The predicted molar refractivity (Wildman–Crippen MR) is 76.1 cm³/mol. The molecular formula is C16H11NO3. The van der Waals surface area contributed by atoms with Gasteiger partial charge in [0.25, 0.3) is 0 Å². The minimum absolute atomic E-state index is 0.00214. The molecule has 1 aliphatic heterocycles. The number of H-pyrrole nitrogens is 1. The van der Waals surface area contributed by atoms with E-state index in [1.165, 1.54) is 0 Å². The number of ether oxygens (including phenoxy) is 2. The molecule has 3 aromatic rings. The monoisotopic (exact) mass is 265 g/mol. The Morgan fingerprint density at radius 1 is 1.00 bits per heavy atom. The molecule has 0 aliphatic carbocycles. The number of pyridine rings is 1. The van der Waals surface area contributed by atoms with Gasteiger partial charge in [-0.25, -0.2) is 0 Å². The van der Waals surface area contributed by atoms with Gasteiger partial charge in [-0.3, -0.25) is 4.79 Å². The Labute approximate surface area is 114 Å². The van der Waals surface area contributed by atoms with Crippen LogP contribution in [0.15, 0.2) is 53.3 Å². The van der Waals surface area contributed by atoms with Gasteiger partial charge in [0.2, 0.25) is 6.79 Å². The van der Waals surface area contributed by atoms with Gasteiger partial charge in [0.1, 0.15) is 11.5 Å². The lowest BCUT2D eigenvalue weighted by atomic mass is 10.1. The topological polar surface area (TPSA) is 51.3 Å². The normalized spacial score (nSPS) is 12.8. The first-order valence-corrected chi connectivity index (χ1v) is 6.33. The highest BCUT2D eigenvalue weighted by atomic mass is 16.7. The maximum absolute atomic E-state index is 12.2. The van der Waals surface area contributed by atoms with E-state index in [1.807, 2.05) is 42.5 Å². The van der Waals surface area contributed by atoms with E-state index in [9.17, 15) is 4.79 Å². The van der Waals surface area contributed by atoms with Crippen molar-refractivity contribution in [3.8, 4) is 22.8 Å². The molecule has 2 heterocycles. The van der Waals surface area contributed by atoms with Crippen molar-refractivity contribution in [1.82, 2.24) is 4.98 Å². The van der Waals surface area contributed by atoms with E-state index in [4.69, 9.17) is 9.47 Å². The van der Waals surface area contributed by atoms with Crippen LogP contribution in [0.4, 0.5) is 0 Å². The molecule has 98 valence electrons. The number of benzene rings is 2. The van der Waals surface area contributed by atoms with Crippen molar-refractivity contribution < 1.29 is 9.47 Å². The molecule has 0 radical (unpaired) electrons. The maximum Gasteiger partial charge on any atom is 0.230 e. The fraction of sp³-hybridized carbons (Fsp3) is 0.0625. The minimum Gasteiger partial charge on any atom is -0.457 e. The van der Waals surface area contributed by atoms with Crippen LogP contribution in [0.2, 0.25) is 0 Å². The fourth-order valence-corrected chi connectivity index (χ4v) is 2.44. The van der Waals surface area contributed by atoms with Crippen LogP contribution in [-0.4, -0.2) is 11.8 Å². The molecule has 0 atom stereocenters. The summed E-state index contributed by atoms with van der Waals surface area (Å²) in [5, 5.41) is 0.686. The van der Waals surface area contributed by atoms with Crippen molar-refractivity contribution in [3.63, 3.8) is 0 Å². The molecule has 2 bridgehead atoms. The molecule has 0 saturated heterocycles. The van der Waals surface area contributed by atoms with Crippen LogP contribution in [0.1, 0.15) is 0 Å². The van der Waals surface area contributed by atoms with Gasteiger partial charge in [-0.05, 0) is 24.3 Å². The van der Waals surface area contributed by atoms with E-state index in [-0.39, 0.29) is 12.2 Å². The molecule has 0 saturated carbocycles. The molecule has 20 heavy (non-hydrogen) atoms. The van der Waals surface area contributed by atoms with Crippen molar-refractivity contribution >= 4 is 10.9 Å². The summed E-state index contributed by atoms with van der Waals surface area (Å²) in [6.07, 6.45) is 0. The molecule has 0 amide bonds. The molecule has 0 fully saturated rings. The molecule has 4 nitrogen and oxygen atoms in total. The van der Waals surface area contributed by atoms with E-state index < -0.39 is 0 Å². The summed E-state index contributed by atoms with van der Waals surface area (Å²) in [6, 6.07) is 14.7. The second-order valence-corrected chi connectivity index (χ2v) is 4.66. The van der Waals surface area contributed by atoms with E-state index in [0.717, 1.165) is 28.3 Å². The number of aromatic amines is 1. The molecule has 1 N–H and O–H groups in total. The molecule has 4 rings (SSSR count). The summed E-state index contributed by atoms with van der Waals surface area (Å²) in [7, 11) is 0. The highest BCUT2D eigenvalue weighted by Crippen LogP contribution is 2.34. The van der Waals surface area contributed by atoms with Crippen LogP contribution >= 0.6 is 0 Å². The summed E-state index contributed by atoms with van der Waals surface area (Å²) in [5.74, 6) is 1.50. The van der Waals surface area contributed by atoms with Crippen LogP contribution in [-0.2, 0) is 0 Å². The number of nitrogens with one attached hydrogen (secondary N) is 1. The van der Waals surface area contributed by atoms with E-state index in [0.29, 0.717) is 5.39 Å². The third kappa shape index (κ3) is 1.66. The Hall–Kier alpha value is -2.75. The van der Waals surface area contributed by atoms with Crippen molar-refractivity contribution in [3.05, 3.63) is 58.8 Å². The second-order valence-electron chi connectivity index (χ2n) is 4.66. The summed E-state index contributed by atoms with van der Waals surface area (Å²) < 4.78 is 10.7. The van der Waals surface area contributed by atoms with E-state index in [1.54, 1.807) is 6.07 Å². The highest BCUT2D eigenvalue weighted by molar-refractivity contribution is 5.82. The summed E-state index contributed by atoms with van der Waals surface area (Å²) in [6.45, 7) is 0.201. The molecule has 4 heteroatoms. The molecular weight excluding hydrogens is 254 g/mol. The summed E-state index contributed by atoms with van der Waals surface area (Å²) in [4.78, 5) is 15.4. The molecule has 0 unspecified atom stereocenters. The van der Waals surface area contributed by atoms with Crippen molar-refractivity contribution in [2.24, 2.45) is 0 Å². The predicted octanol–water partition coefficient (Wildman–Crippen LogP) is 2.92. The molecule has 0 spiro atoms. The Balaban J connectivity index is 1.97. The lowest BCUT2D eigenvalue weighted by Crippen LogP contribution is -2.11. The van der Waals surface area contributed by atoms with Gasteiger partial charge in [0.05, 0.1) is 5.69 Å². The zero-order valence-corrected chi connectivity index (χ0v) is 10.6. The molecule has 2 aromatic carbocycles. The lowest BCUT2D eigenvalue weighted by Gasteiger charge is -2.18. The second kappa shape index (κ2) is 4.13. The van der Waals surface area contributed by atoms with Crippen LogP contribution in [0.5, 0.6) is 11.5 Å². The third-order valence-corrected chi connectivity index (χ3v) is 3.42. The van der Waals surface area contributed by atoms with Crippen LogP contribution < -0.4 is 14.9 Å². The van der Waals surface area contributed by atoms with E-state index in [2.05, 4.69) is 4.98 Å². The van der Waals surface area contributed by atoms with Crippen LogP contribution in [0.25, 0.3) is 22.2 Å². The molecule has 1 aromatic heterocycles. The summed E-state index contributed by atoms with van der Waals surface area (Å²) in [5.41, 5.74) is 2.42. The maximum atomic E-state index is 12.2. The Morgan fingerprint density at radius 3 is 2.85 bits per heavy atom. The Bertz CT molecular complexity index is 867. The number of hydrogen-bond donors (Lipinski definition) is 1. The van der Waals surface area contributed by atoms with Crippen LogP contribution in [0.3, 0.4) is 0 Å².